The molecule has 1 fully saturated rings. The van der Waals surface area contributed by atoms with E-state index in [4.69, 9.17) is 9.84 Å². The normalized spacial score (nSPS) is 17.8. The van der Waals surface area contributed by atoms with Gasteiger partial charge in [-0.05, 0) is 43.2 Å². The number of carboxylic acids is 1. The van der Waals surface area contributed by atoms with E-state index in [0.717, 1.165) is 37.1 Å². The molecule has 23 heavy (non-hydrogen) atoms. The molecule has 5 heteroatoms. The third kappa shape index (κ3) is 5.27. The zero-order chi connectivity index (χ0) is 16.7. The largest absolute Gasteiger partial charge is 0.483 e. The van der Waals surface area contributed by atoms with Crippen LogP contribution in [0.3, 0.4) is 0 Å². The van der Waals surface area contributed by atoms with Crippen molar-refractivity contribution in [2.24, 2.45) is 5.92 Å². The van der Waals surface area contributed by atoms with Crippen LogP contribution in [0, 0.1) is 5.92 Å². The van der Waals surface area contributed by atoms with E-state index in [9.17, 15) is 9.59 Å². The van der Waals surface area contributed by atoms with Crippen LogP contribution in [0.2, 0.25) is 0 Å². The van der Waals surface area contributed by atoms with Crippen molar-refractivity contribution in [3.8, 4) is 5.75 Å². The number of hydrogen-bond donors (Lipinski definition) is 1. The summed E-state index contributed by atoms with van der Waals surface area (Å²) in [6, 6.07) is 7.76. The lowest BCUT2D eigenvalue weighted by Crippen LogP contribution is -2.42. The van der Waals surface area contributed by atoms with Gasteiger partial charge in [0, 0.05) is 19.5 Å². The minimum Gasteiger partial charge on any atom is -0.483 e. The van der Waals surface area contributed by atoms with Crippen LogP contribution in [0.1, 0.15) is 38.2 Å². The zero-order valence-corrected chi connectivity index (χ0v) is 13.7. The molecule has 1 saturated heterocycles. The number of amides is 1. The quantitative estimate of drug-likeness (QED) is 0.839. The standard InChI is InChI=1S/C18H25NO4/c1-2-15-7-3-4-8-16(15)23-13-17(20)19-11-5-6-14(12-19)9-10-18(21)22/h3-4,7-8,14H,2,5-6,9-13H2,1H3,(H,21,22). The number of aryl methyl sites for hydroxylation is 1. The highest BCUT2D eigenvalue weighted by atomic mass is 16.5. The minimum absolute atomic E-state index is 0.0177. The summed E-state index contributed by atoms with van der Waals surface area (Å²) in [5.74, 6) is 0.262. The van der Waals surface area contributed by atoms with Crippen LogP contribution in [0.25, 0.3) is 0 Å². The van der Waals surface area contributed by atoms with Gasteiger partial charge in [0.1, 0.15) is 5.75 Å². The number of aliphatic carboxylic acids is 1. The zero-order valence-electron chi connectivity index (χ0n) is 13.7. The fraction of sp³-hybridized carbons (Fsp3) is 0.556. The second kappa shape index (κ2) is 8.56. The molecular formula is C18H25NO4. The lowest BCUT2D eigenvalue weighted by molar-refractivity contribution is -0.137. The Bertz CT molecular complexity index is 544. The molecule has 0 radical (unpaired) electrons. The van der Waals surface area contributed by atoms with E-state index in [2.05, 4.69) is 6.92 Å². The van der Waals surface area contributed by atoms with Gasteiger partial charge in [-0.2, -0.15) is 0 Å². The number of hydrogen-bond acceptors (Lipinski definition) is 3. The first-order chi connectivity index (χ1) is 11.1. The third-order valence-corrected chi connectivity index (χ3v) is 4.34. The molecule has 1 aliphatic heterocycles. The summed E-state index contributed by atoms with van der Waals surface area (Å²) in [5.41, 5.74) is 1.10. The number of para-hydroxylation sites is 1. The average molecular weight is 319 g/mol. The van der Waals surface area contributed by atoms with Gasteiger partial charge in [0.25, 0.3) is 5.91 Å². The second-order valence-corrected chi connectivity index (χ2v) is 6.03. The van der Waals surface area contributed by atoms with Crippen molar-refractivity contribution in [3.63, 3.8) is 0 Å². The smallest absolute Gasteiger partial charge is 0.303 e. The van der Waals surface area contributed by atoms with Gasteiger partial charge in [0.15, 0.2) is 6.61 Å². The molecule has 1 unspecified atom stereocenters. The first-order valence-electron chi connectivity index (χ1n) is 8.30. The van der Waals surface area contributed by atoms with Crippen molar-refractivity contribution in [2.45, 2.75) is 39.0 Å². The Labute approximate surface area is 137 Å². The Morgan fingerprint density at radius 2 is 2.13 bits per heavy atom. The molecule has 126 valence electrons. The summed E-state index contributed by atoms with van der Waals surface area (Å²) in [6.45, 7) is 3.48. The lowest BCUT2D eigenvalue weighted by atomic mass is 9.93. The van der Waals surface area contributed by atoms with Crippen LogP contribution in [-0.2, 0) is 16.0 Å². The van der Waals surface area contributed by atoms with Crippen molar-refractivity contribution in [1.29, 1.82) is 0 Å². The van der Waals surface area contributed by atoms with Crippen molar-refractivity contribution >= 4 is 11.9 Å². The highest BCUT2D eigenvalue weighted by molar-refractivity contribution is 5.78. The van der Waals surface area contributed by atoms with Crippen LogP contribution in [0.5, 0.6) is 5.75 Å². The lowest BCUT2D eigenvalue weighted by Gasteiger charge is -2.32. The number of ether oxygens (including phenoxy) is 1. The van der Waals surface area contributed by atoms with Gasteiger partial charge in [-0.1, -0.05) is 25.1 Å². The van der Waals surface area contributed by atoms with Crippen molar-refractivity contribution in [2.75, 3.05) is 19.7 Å². The fourth-order valence-corrected chi connectivity index (χ4v) is 3.02. The van der Waals surface area contributed by atoms with Gasteiger partial charge in [-0.3, -0.25) is 9.59 Å². The van der Waals surface area contributed by atoms with Crippen LogP contribution in [0.15, 0.2) is 24.3 Å². The van der Waals surface area contributed by atoms with Gasteiger partial charge < -0.3 is 14.7 Å². The van der Waals surface area contributed by atoms with Gasteiger partial charge >= 0.3 is 5.97 Å². The number of carboxylic acid groups (broad SMARTS) is 1. The van der Waals surface area contributed by atoms with E-state index in [-0.39, 0.29) is 24.9 Å². The average Bonchev–Trinajstić information content (AvgIpc) is 2.58. The Hall–Kier alpha value is -2.04. The van der Waals surface area contributed by atoms with Gasteiger partial charge in [-0.25, -0.2) is 0 Å². The molecule has 1 N–H and O–H groups in total. The highest BCUT2D eigenvalue weighted by Crippen LogP contribution is 2.22. The van der Waals surface area contributed by atoms with Crippen LogP contribution in [-0.4, -0.2) is 41.6 Å². The molecule has 0 aromatic heterocycles. The minimum atomic E-state index is -0.770. The Kier molecular flexibility index (Phi) is 6.44. The Morgan fingerprint density at radius 3 is 2.87 bits per heavy atom. The molecule has 0 aliphatic carbocycles. The molecule has 1 amide bonds. The topological polar surface area (TPSA) is 66.8 Å². The molecule has 1 aromatic carbocycles. The predicted molar refractivity (Wildman–Crippen MR) is 87.5 cm³/mol. The van der Waals surface area contributed by atoms with E-state index >= 15 is 0 Å². The van der Waals surface area contributed by atoms with Gasteiger partial charge in [-0.15, -0.1) is 0 Å². The number of likely N-dealkylation sites (tertiary alicyclic amines) is 1. The van der Waals surface area contributed by atoms with E-state index in [0.29, 0.717) is 13.0 Å². The molecule has 2 rings (SSSR count). The number of piperidine rings is 1. The van der Waals surface area contributed by atoms with Gasteiger partial charge in [0.05, 0.1) is 0 Å². The SMILES string of the molecule is CCc1ccccc1OCC(=O)N1CCCC(CCC(=O)O)C1. The third-order valence-electron chi connectivity index (χ3n) is 4.34. The summed E-state index contributed by atoms with van der Waals surface area (Å²) in [6.07, 6.45) is 3.61. The first-order valence-corrected chi connectivity index (χ1v) is 8.30. The number of carbonyl (C=O) groups is 2. The van der Waals surface area contributed by atoms with E-state index in [1.54, 1.807) is 0 Å². The molecular weight excluding hydrogens is 294 g/mol. The highest BCUT2D eigenvalue weighted by Gasteiger charge is 2.24. The monoisotopic (exact) mass is 319 g/mol. The molecule has 1 aliphatic rings. The molecule has 1 atom stereocenters. The predicted octanol–water partition coefficient (Wildman–Crippen LogP) is 2.73. The Morgan fingerprint density at radius 1 is 1.35 bits per heavy atom. The molecule has 0 spiro atoms. The van der Waals surface area contributed by atoms with Crippen molar-refractivity contribution in [1.82, 2.24) is 4.90 Å². The summed E-state index contributed by atoms with van der Waals surface area (Å²) in [5, 5.41) is 8.78. The molecule has 1 heterocycles. The summed E-state index contributed by atoms with van der Waals surface area (Å²) < 4.78 is 5.69. The summed E-state index contributed by atoms with van der Waals surface area (Å²) >= 11 is 0. The van der Waals surface area contributed by atoms with Gasteiger partial charge in [0.2, 0.25) is 0 Å². The Balaban J connectivity index is 1.84. The maximum absolute atomic E-state index is 12.3. The number of carbonyl (C=O) groups excluding carboxylic acids is 1. The number of benzene rings is 1. The summed E-state index contributed by atoms with van der Waals surface area (Å²) in [7, 11) is 0. The summed E-state index contributed by atoms with van der Waals surface area (Å²) in [4.78, 5) is 24.8. The first kappa shape index (κ1) is 17.3. The number of rotatable bonds is 7. The maximum atomic E-state index is 12.3. The molecule has 0 bridgehead atoms. The molecule has 5 nitrogen and oxygen atoms in total. The van der Waals surface area contributed by atoms with Crippen molar-refractivity contribution < 1.29 is 19.4 Å². The van der Waals surface area contributed by atoms with E-state index < -0.39 is 5.97 Å². The molecule has 0 saturated carbocycles. The van der Waals surface area contributed by atoms with Crippen LogP contribution in [0.4, 0.5) is 0 Å². The molecule has 1 aromatic rings. The fourth-order valence-electron chi connectivity index (χ4n) is 3.02. The van der Waals surface area contributed by atoms with Crippen molar-refractivity contribution in [3.05, 3.63) is 29.8 Å². The number of nitrogens with zero attached hydrogens (tertiary/aromatic N) is 1. The van der Waals surface area contributed by atoms with Crippen LogP contribution >= 0.6 is 0 Å². The van der Waals surface area contributed by atoms with E-state index in [1.165, 1.54) is 0 Å². The maximum Gasteiger partial charge on any atom is 0.303 e. The van der Waals surface area contributed by atoms with E-state index in [1.807, 2.05) is 29.2 Å². The second-order valence-electron chi connectivity index (χ2n) is 6.03. The van der Waals surface area contributed by atoms with Crippen LogP contribution < -0.4 is 4.74 Å².